The molecule has 0 spiro atoms. The van der Waals surface area contributed by atoms with Crippen molar-refractivity contribution < 1.29 is 18.0 Å². The molecule has 0 unspecified atom stereocenters. The fraction of sp³-hybridized carbons (Fsp3) is 0.0435. The Kier molecular flexibility index (Phi) is 4.97. The van der Waals surface area contributed by atoms with Gasteiger partial charge >= 0.3 is 0 Å². The Labute approximate surface area is 174 Å². The fourth-order valence-corrected chi connectivity index (χ4v) is 4.81. The first-order valence-corrected chi connectivity index (χ1v) is 10.7. The molecule has 0 aromatic heterocycles. The van der Waals surface area contributed by atoms with E-state index in [0.29, 0.717) is 22.5 Å². The van der Waals surface area contributed by atoms with Gasteiger partial charge in [-0.05, 0) is 48.5 Å². The van der Waals surface area contributed by atoms with E-state index in [4.69, 9.17) is 0 Å². The minimum atomic E-state index is -3.86. The zero-order valence-electron chi connectivity index (χ0n) is 15.9. The van der Waals surface area contributed by atoms with E-state index in [-0.39, 0.29) is 11.4 Å². The van der Waals surface area contributed by atoms with Crippen LogP contribution in [-0.2, 0) is 10.0 Å². The molecule has 0 aliphatic carbocycles. The van der Waals surface area contributed by atoms with Gasteiger partial charge in [0.2, 0.25) is 0 Å². The molecular weight excluding hydrogens is 400 g/mol. The normalized spacial score (nSPS) is 13.3. The van der Waals surface area contributed by atoms with Crippen LogP contribution in [0.4, 0.5) is 11.4 Å². The summed E-state index contributed by atoms with van der Waals surface area (Å²) in [6.45, 7) is 3.75. The smallest absolute Gasteiger partial charge is 0.266 e. The Hall–Kier alpha value is -3.71. The number of rotatable bonds is 6. The van der Waals surface area contributed by atoms with Crippen LogP contribution in [0.1, 0.15) is 20.7 Å². The third kappa shape index (κ3) is 3.19. The number of amides is 2. The number of imide groups is 1. The Morgan fingerprint density at radius 3 is 1.87 bits per heavy atom. The molecule has 6 nitrogen and oxygen atoms in total. The summed E-state index contributed by atoms with van der Waals surface area (Å²) in [4.78, 5) is 26.4. The lowest BCUT2D eigenvalue weighted by atomic mass is 10.1. The second-order valence-electron chi connectivity index (χ2n) is 6.65. The quantitative estimate of drug-likeness (QED) is 0.450. The van der Waals surface area contributed by atoms with Crippen LogP contribution in [0.3, 0.4) is 0 Å². The summed E-state index contributed by atoms with van der Waals surface area (Å²) in [7, 11) is -3.86. The fourth-order valence-electron chi connectivity index (χ4n) is 3.37. The summed E-state index contributed by atoms with van der Waals surface area (Å²) in [5.41, 5.74) is 1.50. The Balaban J connectivity index is 1.67. The van der Waals surface area contributed by atoms with Gasteiger partial charge in [-0.1, -0.05) is 36.4 Å². The highest BCUT2D eigenvalue weighted by Gasteiger charge is 2.36. The summed E-state index contributed by atoms with van der Waals surface area (Å²) < 4.78 is 27.6. The number of para-hydroxylation sites is 1. The van der Waals surface area contributed by atoms with Gasteiger partial charge in [0.1, 0.15) is 0 Å². The van der Waals surface area contributed by atoms with Crippen molar-refractivity contribution in [2.75, 3.05) is 15.7 Å². The zero-order chi connectivity index (χ0) is 21.3. The van der Waals surface area contributed by atoms with Crippen molar-refractivity contribution >= 4 is 33.2 Å². The number of carbonyl (C=O) groups excluding carboxylic acids is 2. The standard InChI is InChI=1S/C23H18N2O4S/c1-2-16-24(17-8-4-3-5-9-17)30(28,29)19-14-12-18(13-15-19)25-22(26)20-10-6-7-11-21(20)23(25)27/h2-15H,1,16H2. The number of hydrogen-bond donors (Lipinski definition) is 0. The molecule has 0 N–H and O–H groups in total. The van der Waals surface area contributed by atoms with E-state index in [1.165, 1.54) is 34.6 Å². The van der Waals surface area contributed by atoms with Crippen LogP contribution in [0.5, 0.6) is 0 Å². The van der Waals surface area contributed by atoms with Crippen molar-refractivity contribution in [3.8, 4) is 0 Å². The maximum absolute atomic E-state index is 13.2. The molecule has 0 atom stereocenters. The Bertz CT molecular complexity index is 1200. The maximum Gasteiger partial charge on any atom is 0.266 e. The molecule has 0 radical (unpaired) electrons. The molecule has 0 saturated carbocycles. The zero-order valence-corrected chi connectivity index (χ0v) is 16.7. The predicted molar refractivity (Wildman–Crippen MR) is 115 cm³/mol. The van der Waals surface area contributed by atoms with Gasteiger partial charge in [0, 0.05) is 0 Å². The number of carbonyl (C=O) groups is 2. The second kappa shape index (κ2) is 7.61. The van der Waals surface area contributed by atoms with E-state index in [2.05, 4.69) is 6.58 Å². The molecule has 3 aromatic carbocycles. The average molecular weight is 418 g/mol. The van der Waals surface area contributed by atoms with Gasteiger partial charge in [0.25, 0.3) is 21.8 Å². The van der Waals surface area contributed by atoms with Gasteiger partial charge in [-0.3, -0.25) is 13.9 Å². The van der Waals surface area contributed by atoms with Gasteiger partial charge in [0.05, 0.1) is 33.9 Å². The predicted octanol–water partition coefficient (Wildman–Crippen LogP) is 3.87. The van der Waals surface area contributed by atoms with Gasteiger partial charge in [-0.15, -0.1) is 6.58 Å². The lowest BCUT2D eigenvalue weighted by Gasteiger charge is -2.23. The first-order valence-electron chi connectivity index (χ1n) is 9.21. The SMILES string of the molecule is C=CCN(c1ccccc1)S(=O)(=O)c1ccc(N2C(=O)c3ccccc3C2=O)cc1. The average Bonchev–Trinajstić information content (AvgIpc) is 3.03. The lowest BCUT2D eigenvalue weighted by molar-refractivity contribution is 0.0926. The first-order chi connectivity index (χ1) is 14.4. The first kappa shape index (κ1) is 19.6. The highest BCUT2D eigenvalue weighted by Crippen LogP contribution is 2.30. The van der Waals surface area contributed by atoms with E-state index in [0.717, 1.165) is 4.90 Å². The molecule has 0 fully saturated rings. The number of sulfonamides is 1. The van der Waals surface area contributed by atoms with Crippen molar-refractivity contribution in [3.05, 3.63) is 103 Å². The maximum atomic E-state index is 13.2. The van der Waals surface area contributed by atoms with Crippen molar-refractivity contribution in [2.45, 2.75) is 4.90 Å². The summed E-state index contributed by atoms with van der Waals surface area (Å²) in [5.74, 6) is -0.854. The van der Waals surface area contributed by atoms with Gasteiger partial charge in [-0.25, -0.2) is 13.3 Å². The third-order valence-electron chi connectivity index (χ3n) is 4.82. The molecule has 0 bridgehead atoms. The minimum Gasteiger partial charge on any atom is -0.268 e. The van der Waals surface area contributed by atoms with Gasteiger partial charge in [-0.2, -0.15) is 0 Å². The van der Waals surface area contributed by atoms with Crippen LogP contribution in [0.25, 0.3) is 0 Å². The summed E-state index contributed by atoms with van der Waals surface area (Å²) in [5, 5.41) is 0. The molecular formula is C23H18N2O4S. The molecule has 1 aliphatic heterocycles. The Morgan fingerprint density at radius 2 is 1.33 bits per heavy atom. The number of anilines is 2. The number of benzene rings is 3. The molecule has 3 aromatic rings. The van der Waals surface area contributed by atoms with Crippen molar-refractivity contribution in [2.24, 2.45) is 0 Å². The molecule has 1 aliphatic rings. The monoisotopic (exact) mass is 418 g/mol. The van der Waals surface area contributed by atoms with Crippen LogP contribution in [0.2, 0.25) is 0 Å². The van der Waals surface area contributed by atoms with Crippen molar-refractivity contribution in [3.63, 3.8) is 0 Å². The van der Waals surface area contributed by atoms with Crippen LogP contribution in [0, 0.1) is 0 Å². The minimum absolute atomic E-state index is 0.0496. The van der Waals surface area contributed by atoms with E-state index in [1.807, 2.05) is 0 Å². The molecule has 2 amide bonds. The summed E-state index contributed by atoms with van der Waals surface area (Å²) in [6.07, 6.45) is 1.51. The number of fused-ring (bicyclic) bond motifs is 1. The van der Waals surface area contributed by atoms with E-state index in [9.17, 15) is 18.0 Å². The summed E-state index contributed by atoms with van der Waals surface area (Å²) in [6, 6.07) is 21.0. The van der Waals surface area contributed by atoms with Gasteiger partial charge < -0.3 is 0 Å². The van der Waals surface area contributed by atoms with Crippen LogP contribution in [-0.4, -0.2) is 26.8 Å². The van der Waals surface area contributed by atoms with Crippen molar-refractivity contribution in [1.29, 1.82) is 0 Å². The molecule has 0 saturated heterocycles. The molecule has 4 rings (SSSR count). The Morgan fingerprint density at radius 1 is 0.800 bits per heavy atom. The van der Waals surface area contributed by atoms with Gasteiger partial charge in [0.15, 0.2) is 0 Å². The highest BCUT2D eigenvalue weighted by molar-refractivity contribution is 7.92. The van der Waals surface area contributed by atoms with E-state index < -0.39 is 21.8 Å². The number of hydrogen-bond acceptors (Lipinski definition) is 4. The van der Waals surface area contributed by atoms with E-state index in [1.54, 1.807) is 54.6 Å². The molecule has 30 heavy (non-hydrogen) atoms. The topological polar surface area (TPSA) is 74.8 Å². The van der Waals surface area contributed by atoms with Crippen molar-refractivity contribution in [1.82, 2.24) is 0 Å². The third-order valence-corrected chi connectivity index (χ3v) is 6.62. The lowest BCUT2D eigenvalue weighted by Crippen LogP contribution is -2.31. The number of nitrogens with zero attached hydrogens (tertiary/aromatic N) is 2. The molecule has 7 heteroatoms. The largest absolute Gasteiger partial charge is 0.268 e. The van der Waals surface area contributed by atoms with Crippen LogP contribution >= 0.6 is 0 Å². The van der Waals surface area contributed by atoms with Crippen LogP contribution < -0.4 is 9.21 Å². The van der Waals surface area contributed by atoms with Crippen LogP contribution in [0.15, 0.2) is 96.4 Å². The second-order valence-corrected chi connectivity index (χ2v) is 8.51. The molecule has 1 heterocycles. The summed E-state index contributed by atoms with van der Waals surface area (Å²) >= 11 is 0. The highest BCUT2D eigenvalue weighted by atomic mass is 32.2. The van der Waals surface area contributed by atoms with E-state index >= 15 is 0 Å². The molecule has 150 valence electrons.